The summed E-state index contributed by atoms with van der Waals surface area (Å²) in [5.41, 5.74) is 2.10. The van der Waals surface area contributed by atoms with E-state index in [1.807, 2.05) is 11.8 Å². The maximum Gasteiger partial charge on any atom is 0.152 e. The SMILES string of the molecule is CCCCSc1ccc(-c2ccc(N3CCCC3N3CCCC3)nn2)cc1. The number of hydrogen-bond donors (Lipinski definition) is 0. The molecule has 0 radical (unpaired) electrons. The van der Waals surface area contributed by atoms with Gasteiger partial charge in [-0.3, -0.25) is 4.90 Å². The highest BCUT2D eigenvalue weighted by Crippen LogP contribution is 2.29. The highest BCUT2D eigenvalue weighted by Gasteiger charge is 2.32. The molecule has 0 amide bonds. The maximum atomic E-state index is 4.59. The molecular formula is C22H30N4S. The summed E-state index contributed by atoms with van der Waals surface area (Å²) in [5, 5.41) is 9.13. The number of thioether (sulfide) groups is 1. The molecule has 2 aromatic rings. The van der Waals surface area contributed by atoms with Gasteiger partial charge in [-0.1, -0.05) is 25.5 Å². The van der Waals surface area contributed by atoms with Gasteiger partial charge in [0.05, 0.1) is 11.9 Å². The van der Waals surface area contributed by atoms with E-state index in [-0.39, 0.29) is 0 Å². The first-order valence-corrected chi connectivity index (χ1v) is 11.4. The highest BCUT2D eigenvalue weighted by molar-refractivity contribution is 7.99. The molecule has 0 spiro atoms. The van der Waals surface area contributed by atoms with Crippen LogP contribution in [-0.4, -0.2) is 46.7 Å². The molecule has 0 saturated carbocycles. The van der Waals surface area contributed by atoms with Crippen LogP contribution in [0.4, 0.5) is 5.82 Å². The molecule has 1 aromatic carbocycles. The molecule has 4 rings (SSSR count). The second kappa shape index (κ2) is 9.07. The number of aromatic nitrogens is 2. The fourth-order valence-corrected chi connectivity index (χ4v) is 5.12. The zero-order chi connectivity index (χ0) is 18.5. The quantitative estimate of drug-likeness (QED) is 0.494. The second-order valence-corrected chi connectivity index (χ2v) is 8.73. The zero-order valence-corrected chi connectivity index (χ0v) is 17.1. The van der Waals surface area contributed by atoms with Crippen LogP contribution in [0.15, 0.2) is 41.3 Å². The third kappa shape index (κ3) is 4.46. The van der Waals surface area contributed by atoms with Gasteiger partial charge in [-0.15, -0.1) is 22.0 Å². The molecule has 4 nitrogen and oxygen atoms in total. The number of anilines is 1. The van der Waals surface area contributed by atoms with Crippen LogP contribution in [0.2, 0.25) is 0 Å². The molecule has 3 heterocycles. The minimum Gasteiger partial charge on any atom is -0.339 e. The van der Waals surface area contributed by atoms with E-state index < -0.39 is 0 Å². The van der Waals surface area contributed by atoms with E-state index in [4.69, 9.17) is 0 Å². The minimum absolute atomic E-state index is 0.520. The minimum atomic E-state index is 0.520. The molecule has 0 aliphatic carbocycles. The molecule has 2 aliphatic heterocycles. The molecule has 2 aliphatic rings. The normalized spacial score (nSPS) is 20.5. The van der Waals surface area contributed by atoms with Crippen molar-refractivity contribution in [1.82, 2.24) is 15.1 Å². The van der Waals surface area contributed by atoms with Gasteiger partial charge in [-0.2, -0.15) is 0 Å². The first kappa shape index (κ1) is 18.8. The van der Waals surface area contributed by atoms with Gasteiger partial charge < -0.3 is 4.90 Å². The number of likely N-dealkylation sites (tertiary alicyclic amines) is 1. The second-order valence-electron chi connectivity index (χ2n) is 7.56. The fourth-order valence-electron chi connectivity index (χ4n) is 4.12. The van der Waals surface area contributed by atoms with Gasteiger partial charge in [0, 0.05) is 30.1 Å². The molecule has 1 atom stereocenters. The number of unbranched alkanes of at least 4 members (excludes halogenated alkanes) is 1. The summed E-state index contributed by atoms with van der Waals surface area (Å²) in [6.07, 6.45) is 8.22. The highest BCUT2D eigenvalue weighted by atomic mass is 32.2. The van der Waals surface area contributed by atoms with Crippen LogP contribution < -0.4 is 4.90 Å². The van der Waals surface area contributed by atoms with E-state index in [9.17, 15) is 0 Å². The summed E-state index contributed by atoms with van der Waals surface area (Å²) < 4.78 is 0. The summed E-state index contributed by atoms with van der Waals surface area (Å²) in [7, 11) is 0. The Kier molecular flexibility index (Phi) is 6.30. The predicted molar refractivity (Wildman–Crippen MR) is 114 cm³/mol. The van der Waals surface area contributed by atoms with Crippen molar-refractivity contribution >= 4 is 17.6 Å². The summed E-state index contributed by atoms with van der Waals surface area (Å²) in [5.74, 6) is 2.22. The molecule has 0 bridgehead atoms. The van der Waals surface area contributed by atoms with Gasteiger partial charge in [0.15, 0.2) is 5.82 Å². The van der Waals surface area contributed by atoms with Crippen molar-refractivity contribution in [2.75, 3.05) is 30.3 Å². The van der Waals surface area contributed by atoms with Gasteiger partial charge in [0.1, 0.15) is 0 Å². The number of rotatable bonds is 7. The van der Waals surface area contributed by atoms with E-state index in [1.165, 1.54) is 62.3 Å². The van der Waals surface area contributed by atoms with E-state index in [1.54, 1.807) is 0 Å². The maximum absolute atomic E-state index is 4.59. The average molecular weight is 383 g/mol. The lowest BCUT2D eigenvalue weighted by Gasteiger charge is -2.32. The van der Waals surface area contributed by atoms with Gasteiger partial charge >= 0.3 is 0 Å². The van der Waals surface area contributed by atoms with Crippen LogP contribution in [0.25, 0.3) is 11.3 Å². The van der Waals surface area contributed by atoms with Crippen LogP contribution in [0, 0.1) is 0 Å². The predicted octanol–water partition coefficient (Wildman–Crippen LogP) is 5.06. The zero-order valence-electron chi connectivity index (χ0n) is 16.3. The summed E-state index contributed by atoms with van der Waals surface area (Å²) in [4.78, 5) is 6.41. The first-order chi connectivity index (χ1) is 13.3. The van der Waals surface area contributed by atoms with E-state index >= 15 is 0 Å². The molecule has 2 saturated heterocycles. The monoisotopic (exact) mass is 382 g/mol. The van der Waals surface area contributed by atoms with Crippen molar-refractivity contribution in [2.45, 2.75) is 56.5 Å². The lowest BCUT2D eigenvalue weighted by Crippen LogP contribution is -2.43. The van der Waals surface area contributed by atoms with Crippen LogP contribution in [0.1, 0.15) is 45.4 Å². The van der Waals surface area contributed by atoms with Crippen LogP contribution >= 0.6 is 11.8 Å². The molecule has 144 valence electrons. The summed E-state index contributed by atoms with van der Waals surface area (Å²) in [6, 6.07) is 13.0. The lowest BCUT2D eigenvalue weighted by atomic mass is 10.1. The molecule has 1 aromatic heterocycles. The van der Waals surface area contributed by atoms with E-state index in [0.717, 1.165) is 23.6 Å². The van der Waals surface area contributed by atoms with Crippen LogP contribution in [0.3, 0.4) is 0 Å². The fraction of sp³-hybridized carbons (Fsp3) is 0.545. The lowest BCUT2D eigenvalue weighted by molar-refractivity contribution is 0.248. The third-order valence-electron chi connectivity index (χ3n) is 5.64. The van der Waals surface area contributed by atoms with Crippen molar-refractivity contribution < 1.29 is 0 Å². The molecule has 27 heavy (non-hydrogen) atoms. The molecule has 5 heteroatoms. The van der Waals surface area contributed by atoms with Crippen LogP contribution in [0.5, 0.6) is 0 Å². The van der Waals surface area contributed by atoms with Crippen molar-refractivity contribution in [3.8, 4) is 11.3 Å². The Hall–Kier alpha value is -1.59. The molecule has 0 N–H and O–H groups in total. The number of nitrogens with zero attached hydrogens (tertiary/aromatic N) is 4. The average Bonchev–Trinajstić information content (AvgIpc) is 3.40. The largest absolute Gasteiger partial charge is 0.339 e. The summed E-state index contributed by atoms with van der Waals surface area (Å²) >= 11 is 1.93. The Morgan fingerprint density at radius 3 is 2.48 bits per heavy atom. The van der Waals surface area contributed by atoms with Crippen molar-refractivity contribution in [3.63, 3.8) is 0 Å². The van der Waals surface area contributed by atoms with E-state index in [2.05, 4.69) is 63.3 Å². The van der Waals surface area contributed by atoms with Crippen molar-refractivity contribution in [1.29, 1.82) is 0 Å². The molecule has 2 fully saturated rings. The smallest absolute Gasteiger partial charge is 0.152 e. The Morgan fingerprint density at radius 1 is 0.963 bits per heavy atom. The Balaban J connectivity index is 1.42. The van der Waals surface area contributed by atoms with Gasteiger partial charge in [-0.25, -0.2) is 0 Å². The Labute approximate surface area is 167 Å². The van der Waals surface area contributed by atoms with Gasteiger partial charge in [0.25, 0.3) is 0 Å². The summed E-state index contributed by atoms with van der Waals surface area (Å²) in [6.45, 7) is 5.80. The van der Waals surface area contributed by atoms with Crippen molar-refractivity contribution in [3.05, 3.63) is 36.4 Å². The Morgan fingerprint density at radius 2 is 1.78 bits per heavy atom. The third-order valence-corrected chi connectivity index (χ3v) is 6.74. The topological polar surface area (TPSA) is 32.3 Å². The number of benzene rings is 1. The molecule has 1 unspecified atom stereocenters. The van der Waals surface area contributed by atoms with E-state index in [0.29, 0.717) is 6.17 Å². The van der Waals surface area contributed by atoms with Crippen molar-refractivity contribution in [2.24, 2.45) is 0 Å². The van der Waals surface area contributed by atoms with Crippen LogP contribution in [-0.2, 0) is 0 Å². The standard InChI is InChI=1S/C22H30N4S/c1-2-3-17-27-19-10-8-18(9-11-19)20-12-13-21(24-23-20)26-16-6-7-22(26)25-14-4-5-15-25/h8-13,22H,2-7,14-17H2,1H3. The Bertz CT molecular complexity index is 710. The first-order valence-electron chi connectivity index (χ1n) is 10.4. The van der Waals surface area contributed by atoms with Gasteiger partial charge in [0.2, 0.25) is 0 Å². The van der Waals surface area contributed by atoms with Gasteiger partial charge in [-0.05, 0) is 62.1 Å². The number of hydrogen-bond acceptors (Lipinski definition) is 5. The molecular weight excluding hydrogens is 352 g/mol.